The van der Waals surface area contributed by atoms with E-state index in [9.17, 15) is 35.1 Å². The van der Waals surface area contributed by atoms with Gasteiger partial charge >= 0.3 is 0 Å². The number of halogens is 8. The molecule has 0 spiro atoms. The molecule has 0 N–H and O–H groups in total. The van der Waals surface area contributed by atoms with Gasteiger partial charge in [-0.25, -0.2) is 35.1 Å². The molecule has 0 aliphatic heterocycles. The Morgan fingerprint density at radius 1 is 0.560 bits per heavy atom. The van der Waals surface area contributed by atoms with Crippen molar-refractivity contribution in [2.24, 2.45) is 0 Å². The highest BCUT2D eigenvalue weighted by molar-refractivity contribution is 5.68. The number of rotatable bonds is 2. The van der Waals surface area contributed by atoms with Crippen molar-refractivity contribution in [2.75, 3.05) is 0 Å². The van der Waals surface area contributed by atoms with Crippen LogP contribution >= 0.6 is 0 Å². The third-order valence-electron chi connectivity index (χ3n) is 3.47. The molecular formula is C16H5F8N. The van der Waals surface area contributed by atoms with E-state index in [1.165, 1.54) is 12.1 Å². The zero-order chi connectivity index (χ0) is 18.5. The Morgan fingerprint density at radius 3 is 1.60 bits per heavy atom. The van der Waals surface area contributed by atoms with Gasteiger partial charge in [0.1, 0.15) is 5.69 Å². The Kier molecular flexibility index (Phi) is 4.02. The molecule has 0 bridgehead atoms. The minimum atomic E-state index is -2.37. The van der Waals surface area contributed by atoms with E-state index in [0.29, 0.717) is 4.57 Å². The van der Waals surface area contributed by atoms with Crippen LogP contribution in [-0.4, -0.2) is 4.57 Å². The second kappa shape index (κ2) is 5.91. The van der Waals surface area contributed by atoms with Crippen LogP contribution in [0.3, 0.4) is 0 Å². The minimum Gasteiger partial charge on any atom is -0.319 e. The molecule has 0 unspecified atom stereocenters. The molecule has 0 aliphatic carbocycles. The van der Waals surface area contributed by atoms with Gasteiger partial charge in [-0.2, -0.15) is 0 Å². The summed E-state index contributed by atoms with van der Waals surface area (Å²) < 4.78 is 111. The van der Waals surface area contributed by atoms with Crippen molar-refractivity contribution in [3.63, 3.8) is 0 Å². The third kappa shape index (κ3) is 2.46. The maximum absolute atomic E-state index is 14.2. The predicted molar refractivity (Wildman–Crippen MR) is 70.9 cm³/mol. The molecule has 1 heterocycles. The molecule has 0 saturated carbocycles. The lowest BCUT2D eigenvalue weighted by atomic mass is 10.0. The molecule has 1 nitrogen and oxygen atoms in total. The molecular weight excluding hydrogens is 358 g/mol. The van der Waals surface area contributed by atoms with Crippen LogP contribution in [0.25, 0.3) is 16.8 Å². The van der Waals surface area contributed by atoms with Gasteiger partial charge in [0.15, 0.2) is 46.5 Å². The van der Waals surface area contributed by atoms with E-state index in [1.54, 1.807) is 0 Å². The lowest BCUT2D eigenvalue weighted by Gasteiger charge is -2.14. The Balaban J connectivity index is 2.38. The fourth-order valence-corrected chi connectivity index (χ4v) is 2.32. The van der Waals surface area contributed by atoms with Gasteiger partial charge in [0.05, 0.1) is 5.56 Å². The van der Waals surface area contributed by atoms with Crippen molar-refractivity contribution in [1.29, 1.82) is 0 Å². The number of benzene rings is 2. The van der Waals surface area contributed by atoms with Crippen molar-refractivity contribution < 1.29 is 35.1 Å². The summed E-state index contributed by atoms with van der Waals surface area (Å²) in [5.74, 6) is -16.8. The van der Waals surface area contributed by atoms with Crippen LogP contribution in [0.15, 0.2) is 30.6 Å². The zero-order valence-corrected chi connectivity index (χ0v) is 11.9. The summed E-state index contributed by atoms with van der Waals surface area (Å²) in [5.41, 5.74) is -4.34. The standard InChI is InChI=1S/C16H5F8N/c17-7-5-6(9(18)13(22)10(7)19)8-11(20)14(23)16(15(24)12(8)21)25-3-1-2-4-25/h1-5H. The Labute approximate surface area is 134 Å². The summed E-state index contributed by atoms with van der Waals surface area (Å²) >= 11 is 0. The molecule has 0 amide bonds. The Morgan fingerprint density at radius 2 is 1.08 bits per heavy atom. The first kappa shape index (κ1) is 17.0. The van der Waals surface area contributed by atoms with Gasteiger partial charge in [0, 0.05) is 18.0 Å². The average Bonchev–Trinajstić information content (AvgIpc) is 3.10. The zero-order valence-electron chi connectivity index (χ0n) is 11.9. The number of hydrogen-bond donors (Lipinski definition) is 0. The van der Waals surface area contributed by atoms with Crippen LogP contribution < -0.4 is 0 Å². The normalized spacial score (nSPS) is 11.2. The third-order valence-corrected chi connectivity index (χ3v) is 3.47. The number of nitrogens with zero attached hydrogens (tertiary/aromatic N) is 1. The van der Waals surface area contributed by atoms with E-state index in [1.807, 2.05) is 0 Å². The molecule has 1 aromatic heterocycles. The average molecular weight is 363 g/mol. The Bertz CT molecular complexity index is 950. The molecule has 0 saturated heterocycles. The van der Waals surface area contributed by atoms with E-state index in [-0.39, 0.29) is 6.07 Å². The lowest BCUT2D eigenvalue weighted by Crippen LogP contribution is -2.09. The largest absolute Gasteiger partial charge is 0.319 e. The van der Waals surface area contributed by atoms with Gasteiger partial charge in [0.25, 0.3) is 0 Å². The van der Waals surface area contributed by atoms with Gasteiger partial charge in [-0.05, 0) is 18.2 Å². The van der Waals surface area contributed by atoms with Crippen LogP contribution in [0.4, 0.5) is 35.1 Å². The molecule has 3 rings (SSSR count). The fourth-order valence-electron chi connectivity index (χ4n) is 2.32. The highest BCUT2D eigenvalue weighted by atomic mass is 19.2. The predicted octanol–water partition coefficient (Wildman–Crippen LogP) is 5.26. The van der Waals surface area contributed by atoms with Gasteiger partial charge in [-0.15, -0.1) is 0 Å². The molecule has 2 aromatic carbocycles. The Hall–Kier alpha value is -2.84. The topological polar surface area (TPSA) is 4.93 Å². The van der Waals surface area contributed by atoms with Gasteiger partial charge in [-0.3, -0.25) is 0 Å². The summed E-state index contributed by atoms with van der Waals surface area (Å²) in [6.45, 7) is 0. The summed E-state index contributed by atoms with van der Waals surface area (Å²) in [7, 11) is 0. The highest BCUT2D eigenvalue weighted by Crippen LogP contribution is 2.36. The van der Waals surface area contributed by atoms with Crippen LogP contribution in [0.2, 0.25) is 0 Å². The van der Waals surface area contributed by atoms with Crippen molar-refractivity contribution in [2.45, 2.75) is 0 Å². The summed E-state index contributed by atoms with van der Waals surface area (Å²) in [5, 5.41) is 0. The quantitative estimate of drug-likeness (QED) is 0.333. The highest BCUT2D eigenvalue weighted by Gasteiger charge is 2.31. The van der Waals surface area contributed by atoms with Crippen LogP contribution in [0.1, 0.15) is 0 Å². The molecule has 9 heteroatoms. The van der Waals surface area contributed by atoms with Crippen LogP contribution in [0.5, 0.6) is 0 Å². The van der Waals surface area contributed by atoms with E-state index in [0.717, 1.165) is 12.4 Å². The SMILES string of the molecule is Fc1cc(-c2c(F)c(F)c(-n3cccc3)c(F)c2F)c(F)c(F)c1F. The maximum atomic E-state index is 14.2. The molecule has 0 aliphatic rings. The first-order valence-corrected chi connectivity index (χ1v) is 6.58. The van der Waals surface area contributed by atoms with E-state index in [4.69, 9.17) is 0 Å². The molecule has 0 radical (unpaired) electrons. The maximum Gasteiger partial charge on any atom is 0.198 e. The first-order valence-electron chi connectivity index (χ1n) is 6.58. The van der Waals surface area contributed by atoms with Crippen LogP contribution in [0, 0.1) is 46.5 Å². The van der Waals surface area contributed by atoms with Gasteiger partial charge in [0.2, 0.25) is 0 Å². The number of aromatic nitrogens is 1. The van der Waals surface area contributed by atoms with Crippen molar-refractivity contribution in [3.05, 3.63) is 77.1 Å². The lowest BCUT2D eigenvalue weighted by molar-refractivity contribution is 0.408. The second-order valence-electron chi connectivity index (χ2n) is 4.92. The minimum absolute atomic E-state index is 0.0938. The molecule has 0 fully saturated rings. The first-order chi connectivity index (χ1) is 11.8. The molecule has 130 valence electrons. The van der Waals surface area contributed by atoms with E-state index in [2.05, 4.69) is 0 Å². The smallest absolute Gasteiger partial charge is 0.198 e. The van der Waals surface area contributed by atoms with Crippen LogP contribution in [-0.2, 0) is 0 Å². The molecule has 0 atom stereocenters. The monoisotopic (exact) mass is 363 g/mol. The fraction of sp³-hybridized carbons (Fsp3) is 0. The summed E-state index contributed by atoms with van der Waals surface area (Å²) in [6, 6.07) is 2.53. The summed E-state index contributed by atoms with van der Waals surface area (Å²) in [6.07, 6.45) is 2.16. The van der Waals surface area contributed by atoms with Gasteiger partial charge in [-0.1, -0.05) is 0 Å². The van der Waals surface area contributed by atoms with E-state index >= 15 is 0 Å². The number of hydrogen-bond acceptors (Lipinski definition) is 0. The molecule has 3 aromatic rings. The molecule has 25 heavy (non-hydrogen) atoms. The summed E-state index contributed by atoms with van der Waals surface area (Å²) in [4.78, 5) is 0. The van der Waals surface area contributed by atoms with Crippen molar-refractivity contribution >= 4 is 0 Å². The van der Waals surface area contributed by atoms with Crippen molar-refractivity contribution in [3.8, 4) is 16.8 Å². The van der Waals surface area contributed by atoms with Crippen molar-refractivity contribution in [1.82, 2.24) is 4.57 Å². The van der Waals surface area contributed by atoms with E-state index < -0.39 is 63.4 Å². The second-order valence-corrected chi connectivity index (χ2v) is 4.92. The van der Waals surface area contributed by atoms with Gasteiger partial charge < -0.3 is 4.57 Å².